The van der Waals surface area contributed by atoms with E-state index in [1.165, 1.54) is 32.1 Å². The maximum atomic E-state index is 10.6. The van der Waals surface area contributed by atoms with Gasteiger partial charge in [-0.3, -0.25) is 0 Å². The van der Waals surface area contributed by atoms with Crippen molar-refractivity contribution in [2.45, 2.75) is 51.6 Å². The first-order valence-corrected chi connectivity index (χ1v) is 8.84. The number of furan rings is 1. The third-order valence-corrected chi connectivity index (χ3v) is 5.33. The van der Waals surface area contributed by atoms with Crippen LogP contribution in [-0.2, 0) is 5.60 Å². The molecule has 1 spiro atoms. The Bertz CT molecular complexity index is 536. The van der Waals surface area contributed by atoms with Crippen LogP contribution in [0.2, 0.25) is 0 Å². The van der Waals surface area contributed by atoms with Crippen LogP contribution in [0.15, 0.2) is 27.8 Å². The highest BCUT2D eigenvalue weighted by Crippen LogP contribution is 2.45. The molecule has 1 aromatic heterocycles. The number of rotatable bonds is 4. The van der Waals surface area contributed by atoms with Crippen molar-refractivity contribution in [3.63, 3.8) is 0 Å². The summed E-state index contributed by atoms with van der Waals surface area (Å²) in [5, 5.41) is 14.0. The lowest BCUT2D eigenvalue weighted by Gasteiger charge is -2.27. The van der Waals surface area contributed by atoms with Gasteiger partial charge in [-0.25, -0.2) is 4.99 Å². The van der Waals surface area contributed by atoms with Gasteiger partial charge in [0.2, 0.25) is 0 Å². The molecular weight excluding hydrogens is 417 g/mol. The second kappa shape index (κ2) is 8.08. The van der Waals surface area contributed by atoms with Crippen molar-refractivity contribution in [3.8, 4) is 0 Å². The van der Waals surface area contributed by atoms with Crippen molar-refractivity contribution in [1.82, 2.24) is 10.2 Å². The molecule has 0 bridgehead atoms. The van der Waals surface area contributed by atoms with Crippen LogP contribution in [0.1, 0.15) is 51.7 Å². The Kier molecular flexibility index (Phi) is 6.59. The topological polar surface area (TPSA) is 61.0 Å². The average Bonchev–Trinajstić information content (AvgIpc) is 3.27. The summed E-state index contributed by atoms with van der Waals surface area (Å²) in [7, 11) is 0. The summed E-state index contributed by atoms with van der Waals surface area (Å²) in [6.07, 6.45) is 8.30. The minimum absolute atomic E-state index is 0. The number of hydrogen-bond donors (Lipinski definition) is 2. The van der Waals surface area contributed by atoms with E-state index in [4.69, 9.17) is 9.41 Å². The number of nitrogens with zero attached hydrogens (tertiary/aromatic N) is 2. The minimum atomic E-state index is -1.07. The third-order valence-electron chi connectivity index (χ3n) is 5.33. The summed E-state index contributed by atoms with van der Waals surface area (Å²) in [5.41, 5.74) is -0.561. The molecule has 1 aliphatic heterocycles. The monoisotopic (exact) mass is 447 g/mol. The SMILES string of the molecule is CCNC(=NCC(C)(O)c1ccco1)N1CCC2(CCCC2)C1.I. The van der Waals surface area contributed by atoms with Gasteiger partial charge >= 0.3 is 0 Å². The van der Waals surface area contributed by atoms with Crippen LogP contribution in [-0.4, -0.2) is 42.1 Å². The molecule has 2 N–H and O–H groups in total. The van der Waals surface area contributed by atoms with Crippen LogP contribution in [0.4, 0.5) is 0 Å². The molecule has 3 rings (SSSR count). The van der Waals surface area contributed by atoms with E-state index >= 15 is 0 Å². The van der Waals surface area contributed by atoms with Gasteiger partial charge in [-0.05, 0) is 50.7 Å². The molecule has 1 atom stereocenters. The fourth-order valence-corrected chi connectivity index (χ4v) is 3.97. The van der Waals surface area contributed by atoms with Crippen LogP contribution < -0.4 is 5.32 Å². The van der Waals surface area contributed by atoms with Gasteiger partial charge in [-0.15, -0.1) is 24.0 Å². The molecule has 136 valence electrons. The maximum absolute atomic E-state index is 10.6. The van der Waals surface area contributed by atoms with Crippen LogP contribution in [0.5, 0.6) is 0 Å². The summed E-state index contributed by atoms with van der Waals surface area (Å²) < 4.78 is 5.34. The van der Waals surface area contributed by atoms with Crippen LogP contribution in [0, 0.1) is 5.41 Å². The summed E-state index contributed by atoms with van der Waals surface area (Å²) >= 11 is 0. The fraction of sp³-hybridized carbons (Fsp3) is 0.722. The minimum Gasteiger partial charge on any atom is -0.466 e. The van der Waals surface area contributed by atoms with Crippen molar-refractivity contribution < 1.29 is 9.52 Å². The molecular formula is C18H30IN3O2. The maximum Gasteiger partial charge on any atom is 0.194 e. The predicted octanol–water partition coefficient (Wildman–Crippen LogP) is 3.34. The number of halogens is 1. The molecule has 1 unspecified atom stereocenters. The first-order valence-electron chi connectivity index (χ1n) is 8.84. The van der Waals surface area contributed by atoms with E-state index in [1.54, 1.807) is 25.3 Å². The average molecular weight is 447 g/mol. The standard InChI is InChI=1S/C18H29N3O2.HI/c1-3-19-16(20-13-17(2,22)15-7-6-12-23-15)21-11-10-18(14-21)8-4-5-9-18;/h6-7,12,22H,3-5,8-11,13-14H2,1-2H3,(H,19,20);1H. The normalized spacial score (nSPS) is 22.5. The molecule has 0 amide bonds. The number of likely N-dealkylation sites (tertiary alicyclic amines) is 1. The molecule has 24 heavy (non-hydrogen) atoms. The van der Waals surface area contributed by atoms with E-state index in [2.05, 4.69) is 17.1 Å². The van der Waals surface area contributed by atoms with Gasteiger partial charge in [0.15, 0.2) is 5.96 Å². The molecule has 0 aromatic carbocycles. The first kappa shape index (κ1) is 19.6. The van der Waals surface area contributed by atoms with E-state index in [0.717, 1.165) is 25.6 Å². The van der Waals surface area contributed by atoms with Gasteiger partial charge in [-0.1, -0.05) is 12.8 Å². The highest BCUT2D eigenvalue weighted by atomic mass is 127. The van der Waals surface area contributed by atoms with Gasteiger partial charge in [0, 0.05) is 19.6 Å². The zero-order valence-corrected chi connectivity index (χ0v) is 17.1. The Morgan fingerprint density at radius 2 is 2.17 bits per heavy atom. The first-order chi connectivity index (χ1) is 11.0. The van der Waals surface area contributed by atoms with Gasteiger partial charge in [-0.2, -0.15) is 0 Å². The molecule has 1 saturated heterocycles. The van der Waals surface area contributed by atoms with E-state index in [0.29, 0.717) is 17.7 Å². The zero-order chi connectivity index (χ0) is 16.3. The Labute approximate surface area is 161 Å². The highest BCUT2D eigenvalue weighted by Gasteiger charge is 2.41. The fourth-order valence-electron chi connectivity index (χ4n) is 3.97. The van der Waals surface area contributed by atoms with Gasteiger partial charge in [0.05, 0.1) is 12.8 Å². The lowest BCUT2D eigenvalue weighted by molar-refractivity contribution is 0.0435. The Hall–Kier alpha value is -0.760. The van der Waals surface area contributed by atoms with E-state index in [1.807, 2.05) is 0 Å². The number of nitrogens with one attached hydrogen (secondary N) is 1. The molecule has 1 aliphatic carbocycles. The zero-order valence-electron chi connectivity index (χ0n) is 14.8. The summed E-state index contributed by atoms with van der Waals surface area (Å²) in [6.45, 7) is 7.14. The number of aliphatic imine (C=N–C) groups is 1. The molecule has 2 heterocycles. The van der Waals surface area contributed by atoms with Crippen molar-refractivity contribution in [3.05, 3.63) is 24.2 Å². The summed E-state index contributed by atoms with van der Waals surface area (Å²) in [4.78, 5) is 7.07. The molecule has 2 fully saturated rings. The Balaban J connectivity index is 0.00000208. The summed E-state index contributed by atoms with van der Waals surface area (Å²) in [6, 6.07) is 3.59. The number of guanidine groups is 1. The third kappa shape index (κ3) is 4.25. The Morgan fingerprint density at radius 3 is 2.79 bits per heavy atom. The van der Waals surface area contributed by atoms with E-state index in [9.17, 15) is 5.11 Å². The molecule has 6 heteroatoms. The molecule has 2 aliphatic rings. The van der Waals surface area contributed by atoms with Crippen molar-refractivity contribution in [2.24, 2.45) is 10.4 Å². The lowest BCUT2D eigenvalue weighted by atomic mass is 9.86. The molecule has 1 saturated carbocycles. The van der Waals surface area contributed by atoms with Crippen LogP contribution >= 0.6 is 24.0 Å². The predicted molar refractivity (Wildman–Crippen MR) is 107 cm³/mol. The lowest BCUT2D eigenvalue weighted by Crippen LogP contribution is -2.42. The smallest absolute Gasteiger partial charge is 0.194 e. The van der Waals surface area contributed by atoms with Gasteiger partial charge < -0.3 is 19.7 Å². The second-order valence-corrected chi connectivity index (χ2v) is 7.30. The van der Waals surface area contributed by atoms with Crippen molar-refractivity contribution >= 4 is 29.9 Å². The molecule has 5 nitrogen and oxygen atoms in total. The van der Waals surface area contributed by atoms with Crippen LogP contribution in [0.25, 0.3) is 0 Å². The second-order valence-electron chi connectivity index (χ2n) is 7.30. The van der Waals surface area contributed by atoms with Gasteiger partial charge in [0.1, 0.15) is 11.4 Å². The van der Waals surface area contributed by atoms with Gasteiger partial charge in [0.25, 0.3) is 0 Å². The van der Waals surface area contributed by atoms with Crippen molar-refractivity contribution in [1.29, 1.82) is 0 Å². The van der Waals surface area contributed by atoms with E-state index in [-0.39, 0.29) is 24.0 Å². The largest absolute Gasteiger partial charge is 0.466 e. The number of aliphatic hydroxyl groups is 1. The summed E-state index contributed by atoms with van der Waals surface area (Å²) in [5.74, 6) is 1.48. The quantitative estimate of drug-likeness (QED) is 0.423. The molecule has 0 radical (unpaired) electrons. The molecule has 1 aromatic rings. The van der Waals surface area contributed by atoms with Crippen LogP contribution in [0.3, 0.4) is 0 Å². The Morgan fingerprint density at radius 1 is 1.42 bits per heavy atom. The van der Waals surface area contributed by atoms with Crippen molar-refractivity contribution in [2.75, 3.05) is 26.2 Å². The number of hydrogen-bond acceptors (Lipinski definition) is 3. The van der Waals surface area contributed by atoms with E-state index < -0.39 is 5.60 Å². The highest BCUT2D eigenvalue weighted by molar-refractivity contribution is 14.0.